The largest absolute Gasteiger partial charge is 0.481 e. The van der Waals surface area contributed by atoms with Crippen molar-refractivity contribution in [2.45, 2.75) is 52.2 Å². The number of rotatable bonds is 8. The molecule has 0 aliphatic carbocycles. The summed E-state index contributed by atoms with van der Waals surface area (Å²) in [7, 11) is 0. The minimum atomic E-state index is -1.25. The fraction of sp³-hybridized carbons (Fsp3) is 0.286. The van der Waals surface area contributed by atoms with Gasteiger partial charge in [-0.25, -0.2) is 18.7 Å². The molecule has 0 fully saturated rings. The van der Waals surface area contributed by atoms with E-state index in [0.29, 0.717) is 44.0 Å². The van der Waals surface area contributed by atoms with Crippen LogP contribution in [0.25, 0.3) is 22.0 Å². The lowest BCUT2D eigenvalue weighted by molar-refractivity contribution is -0.136. The molecule has 38 heavy (non-hydrogen) atoms. The number of aliphatic carboxylic acids is 1. The van der Waals surface area contributed by atoms with Crippen LogP contribution >= 0.6 is 11.6 Å². The minimum Gasteiger partial charge on any atom is -0.481 e. The molecule has 0 aliphatic heterocycles. The number of carbonyl (C=O) groups is 1. The average Bonchev–Trinajstić information content (AvgIpc) is 2.85. The highest BCUT2D eigenvalue weighted by atomic mass is 35.5. The molecule has 0 bridgehead atoms. The monoisotopic (exact) mass is 540 g/mol. The number of nitrogens with zero attached hydrogens (tertiary/aromatic N) is 3. The van der Waals surface area contributed by atoms with Gasteiger partial charge in [-0.3, -0.25) is 9.78 Å². The zero-order valence-corrected chi connectivity index (χ0v) is 22.1. The Labute approximate surface area is 223 Å². The minimum absolute atomic E-state index is 0.0677. The molecule has 0 aliphatic rings. The summed E-state index contributed by atoms with van der Waals surface area (Å²) in [6, 6.07) is 6.82. The molecule has 1 atom stereocenters. The van der Waals surface area contributed by atoms with Gasteiger partial charge in [0, 0.05) is 47.0 Å². The van der Waals surface area contributed by atoms with Crippen LogP contribution in [0.15, 0.2) is 42.7 Å². The molecule has 4 rings (SSSR count). The number of nitrogens with one attached hydrogen (secondary N) is 1. The van der Waals surface area contributed by atoms with Crippen molar-refractivity contribution in [1.29, 1.82) is 0 Å². The summed E-state index contributed by atoms with van der Waals surface area (Å²) in [5.74, 6) is -1.73. The van der Waals surface area contributed by atoms with Crippen LogP contribution in [0.1, 0.15) is 55.9 Å². The maximum atomic E-state index is 15.2. The summed E-state index contributed by atoms with van der Waals surface area (Å²) in [6.07, 6.45) is 3.06. The number of fused-ring (bicyclic) bond motifs is 1. The fourth-order valence-corrected chi connectivity index (χ4v) is 4.35. The summed E-state index contributed by atoms with van der Waals surface area (Å²) in [6.45, 7) is 6.56. The molecule has 7 nitrogen and oxygen atoms in total. The highest BCUT2D eigenvalue weighted by Gasteiger charge is 2.22. The molecule has 10 heteroatoms. The number of aliphatic hydroxyl groups is 1. The summed E-state index contributed by atoms with van der Waals surface area (Å²) in [4.78, 5) is 23.7. The SMILES string of the molecule is Cc1nc2cc(F)c(-c3cnc(C(C)(C)O)nc3)cc2c(N[C@H](C)c2cc(CCC(=O)O)ccc2F)c1Cl. The van der Waals surface area contributed by atoms with Crippen LogP contribution < -0.4 is 5.32 Å². The molecule has 2 aromatic carbocycles. The lowest BCUT2D eigenvalue weighted by atomic mass is 10.00. The Bertz CT molecular complexity index is 1520. The van der Waals surface area contributed by atoms with Gasteiger partial charge in [0.25, 0.3) is 0 Å². The third-order valence-corrected chi connectivity index (χ3v) is 6.67. The van der Waals surface area contributed by atoms with Gasteiger partial charge < -0.3 is 15.5 Å². The van der Waals surface area contributed by atoms with Crippen molar-refractivity contribution in [1.82, 2.24) is 15.0 Å². The predicted octanol–water partition coefficient (Wildman–Crippen LogP) is 6.35. The molecule has 0 radical (unpaired) electrons. The van der Waals surface area contributed by atoms with Crippen molar-refractivity contribution in [2.75, 3.05) is 5.32 Å². The van der Waals surface area contributed by atoms with Crippen molar-refractivity contribution in [2.24, 2.45) is 0 Å². The second-order valence-corrected chi connectivity index (χ2v) is 10.1. The van der Waals surface area contributed by atoms with Gasteiger partial charge >= 0.3 is 5.97 Å². The highest BCUT2D eigenvalue weighted by molar-refractivity contribution is 6.35. The molecular formula is C28H27ClF2N4O3. The van der Waals surface area contributed by atoms with E-state index in [1.807, 2.05) is 0 Å². The number of carboxylic acids is 1. The van der Waals surface area contributed by atoms with Gasteiger partial charge in [-0.2, -0.15) is 0 Å². The zero-order chi connectivity index (χ0) is 27.8. The van der Waals surface area contributed by atoms with Crippen molar-refractivity contribution in [3.8, 4) is 11.1 Å². The average molecular weight is 541 g/mol. The number of carboxylic acid groups (broad SMARTS) is 1. The Morgan fingerprint density at radius 3 is 2.45 bits per heavy atom. The van der Waals surface area contributed by atoms with E-state index >= 15 is 4.39 Å². The third-order valence-electron chi connectivity index (χ3n) is 6.21. The van der Waals surface area contributed by atoms with Gasteiger partial charge in [-0.1, -0.05) is 23.7 Å². The van der Waals surface area contributed by atoms with Crippen LogP contribution in [0.2, 0.25) is 5.02 Å². The zero-order valence-electron chi connectivity index (χ0n) is 21.3. The Hall–Kier alpha value is -3.69. The maximum Gasteiger partial charge on any atom is 0.303 e. The van der Waals surface area contributed by atoms with Crippen LogP contribution in [0.5, 0.6) is 0 Å². The first-order valence-corrected chi connectivity index (χ1v) is 12.3. The Morgan fingerprint density at radius 2 is 1.82 bits per heavy atom. The smallest absolute Gasteiger partial charge is 0.303 e. The van der Waals surface area contributed by atoms with E-state index in [-0.39, 0.29) is 24.2 Å². The van der Waals surface area contributed by atoms with E-state index in [1.165, 1.54) is 24.5 Å². The van der Waals surface area contributed by atoms with Gasteiger partial charge in [-0.15, -0.1) is 0 Å². The topological polar surface area (TPSA) is 108 Å². The second kappa shape index (κ2) is 10.6. The molecule has 0 spiro atoms. The highest BCUT2D eigenvalue weighted by Crippen LogP contribution is 2.38. The lowest BCUT2D eigenvalue weighted by Gasteiger charge is -2.21. The third kappa shape index (κ3) is 5.74. The van der Waals surface area contributed by atoms with Crippen LogP contribution in [-0.2, 0) is 16.8 Å². The van der Waals surface area contributed by atoms with E-state index in [1.54, 1.807) is 45.9 Å². The van der Waals surface area contributed by atoms with Gasteiger partial charge in [0.2, 0.25) is 0 Å². The molecule has 198 valence electrons. The van der Waals surface area contributed by atoms with E-state index in [4.69, 9.17) is 16.7 Å². The van der Waals surface area contributed by atoms with E-state index in [9.17, 15) is 14.3 Å². The quantitative estimate of drug-likeness (QED) is 0.239. The molecule has 3 N–H and O–H groups in total. The molecule has 0 saturated carbocycles. The number of benzene rings is 2. The number of hydrogen-bond acceptors (Lipinski definition) is 6. The molecule has 4 aromatic rings. The molecule has 2 aromatic heterocycles. The molecule has 0 unspecified atom stereocenters. The first-order chi connectivity index (χ1) is 17.8. The van der Waals surface area contributed by atoms with Gasteiger partial charge in [-0.05, 0) is 51.8 Å². The Kier molecular flexibility index (Phi) is 7.62. The van der Waals surface area contributed by atoms with Gasteiger partial charge in [0.1, 0.15) is 17.2 Å². The molecular weight excluding hydrogens is 514 g/mol. The molecule has 0 amide bonds. The number of pyridine rings is 1. The van der Waals surface area contributed by atoms with Crippen molar-refractivity contribution in [3.05, 3.63) is 82.0 Å². The number of hydrogen-bond donors (Lipinski definition) is 3. The predicted molar refractivity (Wildman–Crippen MR) is 142 cm³/mol. The summed E-state index contributed by atoms with van der Waals surface area (Å²) >= 11 is 6.64. The fourth-order valence-electron chi connectivity index (χ4n) is 4.16. The number of halogens is 3. The summed E-state index contributed by atoms with van der Waals surface area (Å²) in [5, 5.41) is 23.2. The van der Waals surface area contributed by atoms with Crippen LogP contribution in [0.3, 0.4) is 0 Å². The van der Waals surface area contributed by atoms with Crippen LogP contribution in [-0.4, -0.2) is 31.1 Å². The Balaban J connectivity index is 1.77. The van der Waals surface area contributed by atoms with Crippen molar-refractivity contribution in [3.63, 3.8) is 0 Å². The first-order valence-electron chi connectivity index (χ1n) is 12.0. The normalized spacial score (nSPS) is 12.5. The van der Waals surface area contributed by atoms with Crippen LogP contribution in [0, 0.1) is 18.6 Å². The first kappa shape index (κ1) is 27.3. The number of aryl methyl sites for hydroxylation is 2. The van der Waals surface area contributed by atoms with E-state index in [0.717, 1.165) is 0 Å². The Morgan fingerprint density at radius 1 is 1.13 bits per heavy atom. The van der Waals surface area contributed by atoms with Gasteiger partial charge in [0.15, 0.2) is 5.82 Å². The standard InChI is InChI=1S/C28H27ClF2N4O3/c1-14(18-9-16(5-7-21(18)30)6-8-24(36)37)35-26-20-10-19(17-12-32-27(33-13-17)28(3,4)38)22(31)11-23(20)34-15(2)25(26)29/h5,7,9-14,38H,6,8H2,1-4H3,(H,34,35)(H,36,37)/t14-/m1/s1. The molecule has 0 saturated heterocycles. The second-order valence-electron chi connectivity index (χ2n) is 9.71. The van der Waals surface area contributed by atoms with E-state index in [2.05, 4.69) is 20.3 Å². The number of aromatic nitrogens is 3. The van der Waals surface area contributed by atoms with Crippen molar-refractivity contribution < 1.29 is 23.8 Å². The lowest BCUT2D eigenvalue weighted by Crippen LogP contribution is -2.19. The van der Waals surface area contributed by atoms with Crippen LogP contribution in [0.4, 0.5) is 14.5 Å². The van der Waals surface area contributed by atoms with E-state index < -0.39 is 29.2 Å². The van der Waals surface area contributed by atoms with Gasteiger partial charge in [0.05, 0.1) is 28.0 Å². The number of anilines is 1. The summed E-state index contributed by atoms with van der Waals surface area (Å²) in [5.41, 5.74) is 1.66. The molecule has 2 heterocycles. The van der Waals surface area contributed by atoms with Crippen molar-refractivity contribution >= 4 is 34.2 Å². The summed E-state index contributed by atoms with van der Waals surface area (Å²) < 4.78 is 30.0. The maximum absolute atomic E-state index is 15.2.